The predicted octanol–water partition coefficient (Wildman–Crippen LogP) is 1.48. The van der Waals surface area contributed by atoms with Crippen LogP contribution in [0.2, 0.25) is 0 Å². The molecule has 1 saturated heterocycles. The van der Waals surface area contributed by atoms with Crippen LogP contribution in [0.5, 0.6) is 0 Å². The van der Waals surface area contributed by atoms with Crippen LogP contribution in [0.4, 0.5) is 0 Å². The molecule has 3 heteroatoms. The number of methoxy groups -OCH3 is 1. The van der Waals surface area contributed by atoms with Gasteiger partial charge in [-0.3, -0.25) is 4.90 Å². The SMILES string of the molecule is COCCC(C)N1CC(C2CC2)NCC1C. The summed E-state index contributed by atoms with van der Waals surface area (Å²) < 4.78 is 5.18. The van der Waals surface area contributed by atoms with Crippen LogP contribution < -0.4 is 5.32 Å². The van der Waals surface area contributed by atoms with Crippen LogP contribution >= 0.6 is 0 Å². The molecular formula is C13H26N2O. The molecule has 1 aliphatic carbocycles. The van der Waals surface area contributed by atoms with Gasteiger partial charge in [0, 0.05) is 44.9 Å². The lowest BCUT2D eigenvalue weighted by atomic mass is 10.0. The molecule has 94 valence electrons. The van der Waals surface area contributed by atoms with Crippen molar-refractivity contribution in [2.24, 2.45) is 5.92 Å². The Labute approximate surface area is 99.5 Å². The molecule has 0 radical (unpaired) electrons. The first-order chi connectivity index (χ1) is 7.72. The summed E-state index contributed by atoms with van der Waals surface area (Å²) in [6, 6.07) is 2.07. The molecule has 1 N–H and O–H groups in total. The highest BCUT2D eigenvalue weighted by atomic mass is 16.5. The van der Waals surface area contributed by atoms with Gasteiger partial charge in [-0.05, 0) is 39.0 Å². The van der Waals surface area contributed by atoms with E-state index in [1.54, 1.807) is 7.11 Å². The van der Waals surface area contributed by atoms with Gasteiger partial charge in [-0.25, -0.2) is 0 Å². The van der Waals surface area contributed by atoms with Gasteiger partial charge in [0.1, 0.15) is 0 Å². The van der Waals surface area contributed by atoms with Gasteiger partial charge in [-0.1, -0.05) is 0 Å². The van der Waals surface area contributed by atoms with Crippen LogP contribution in [0.3, 0.4) is 0 Å². The van der Waals surface area contributed by atoms with Crippen LogP contribution in [-0.4, -0.2) is 49.8 Å². The van der Waals surface area contributed by atoms with Gasteiger partial charge >= 0.3 is 0 Å². The maximum atomic E-state index is 5.18. The number of nitrogens with zero attached hydrogens (tertiary/aromatic N) is 1. The molecule has 2 aliphatic rings. The van der Waals surface area contributed by atoms with Crippen molar-refractivity contribution in [3.05, 3.63) is 0 Å². The van der Waals surface area contributed by atoms with Gasteiger partial charge in [0.2, 0.25) is 0 Å². The van der Waals surface area contributed by atoms with Gasteiger partial charge in [0.25, 0.3) is 0 Å². The summed E-state index contributed by atoms with van der Waals surface area (Å²) in [4.78, 5) is 2.67. The average Bonchev–Trinajstić information content (AvgIpc) is 3.10. The van der Waals surface area contributed by atoms with Crippen molar-refractivity contribution in [1.29, 1.82) is 0 Å². The smallest absolute Gasteiger partial charge is 0.0477 e. The van der Waals surface area contributed by atoms with E-state index in [1.807, 2.05) is 0 Å². The normalized spacial score (nSPS) is 33.9. The van der Waals surface area contributed by atoms with E-state index in [1.165, 1.54) is 19.4 Å². The Morgan fingerprint density at radius 1 is 1.44 bits per heavy atom. The topological polar surface area (TPSA) is 24.5 Å². The molecule has 0 bridgehead atoms. The highest BCUT2D eigenvalue weighted by molar-refractivity contribution is 4.94. The molecule has 3 unspecified atom stereocenters. The summed E-state index contributed by atoms with van der Waals surface area (Å²) in [6.07, 6.45) is 4.02. The molecule has 0 aromatic rings. The zero-order chi connectivity index (χ0) is 11.5. The Balaban J connectivity index is 1.84. The Morgan fingerprint density at radius 2 is 2.19 bits per heavy atom. The van der Waals surface area contributed by atoms with Crippen LogP contribution in [0.15, 0.2) is 0 Å². The molecular weight excluding hydrogens is 200 g/mol. The van der Waals surface area contributed by atoms with E-state index < -0.39 is 0 Å². The van der Waals surface area contributed by atoms with Crippen molar-refractivity contribution in [1.82, 2.24) is 10.2 Å². The van der Waals surface area contributed by atoms with E-state index in [9.17, 15) is 0 Å². The van der Waals surface area contributed by atoms with Crippen LogP contribution in [0, 0.1) is 5.92 Å². The van der Waals surface area contributed by atoms with Crippen molar-refractivity contribution < 1.29 is 4.74 Å². The third kappa shape index (κ3) is 2.96. The summed E-state index contributed by atoms with van der Waals surface area (Å²) in [6.45, 7) is 7.94. The molecule has 1 heterocycles. The summed E-state index contributed by atoms with van der Waals surface area (Å²) in [5.41, 5.74) is 0. The van der Waals surface area contributed by atoms with Gasteiger partial charge in [-0.15, -0.1) is 0 Å². The molecule has 2 fully saturated rings. The van der Waals surface area contributed by atoms with Crippen molar-refractivity contribution in [2.45, 2.75) is 51.2 Å². The molecule has 3 nitrogen and oxygen atoms in total. The summed E-state index contributed by atoms with van der Waals surface area (Å²) in [5, 5.41) is 3.70. The first-order valence-corrected chi connectivity index (χ1v) is 6.70. The average molecular weight is 226 g/mol. The standard InChI is InChI=1S/C13H26N2O/c1-10(6-7-16-3)15-9-13(12-4-5-12)14-8-11(15)2/h10-14H,4-9H2,1-3H3. The fourth-order valence-corrected chi connectivity index (χ4v) is 2.79. The number of piperazine rings is 1. The zero-order valence-corrected chi connectivity index (χ0v) is 10.9. The molecule has 1 saturated carbocycles. The van der Waals surface area contributed by atoms with Gasteiger partial charge in [0.05, 0.1) is 0 Å². The van der Waals surface area contributed by atoms with E-state index in [-0.39, 0.29) is 0 Å². The highest BCUT2D eigenvalue weighted by Crippen LogP contribution is 2.34. The van der Waals surface area contributed by atoms with E-state index in [2.05, 4.69) is 24.1 Å². The van der Waals surface area contributed by atoms with E-state index in [4.69, 9.17) is 4.74 Å². The van der Waals surface area contributed by atoms with E-state index in [0.717, 1.165) is 31.5 Å². The van der Waals surface area contributed by atoms with Crippen LogP contribution in [-0.2, 0) is 4.74 Å². The maximum absolute atomic E-state index is 5.18. The maximum Gasteiger partial charge on any atom is 0.0477 e. The van der Waals surface area contributed by atoms with Gasteiger partial charge < -0.3 is 10.1 Å². The molecule has 0 amide bonds. The molecule has 3 atom stereocenters. The second kappa shape index (κ2) is 5.48. The second-order valence-corrected chi connectivity index (χ2v) is 5.53. The minimum absolute atomic E-state index is 0.651. The van der Waals surface area contributed by atoms with Gasteiger partial charge in [0.15, 0.2) is 0 Å². The van der Waals surface area contributed by atoms with Crippen molar-refractivity contribution in [3.8, 4) is 0 Å². The fourth-order valence-electron chi connectivity index (χ4n) is 2.79. The number of nitrogens with one attached hydrogen (secondary N) is 1. The Hall–Kier alpha value is -0.120. The Morgan fingerprint density at radius 3 is 2.81 bits per heavy atom. The molecule has 1 aliphatic heterocycles. The monoisotopic (exact) mass is 226 g/mol. The van der Waals surface area contributed by atoms with Crippen molar-refractivity contribution in [3.63, 3.8) is 0 Å². The van der Waals surface area contributed by atoms with E-state index >= 15 is 0 Å². The second-order valence-electron chi connectivity index (χ2n) is 5.53. The number of ether oxygens (including phenoxy) is 1. The lowest BCUT2D eigenvalue weighted by Crippen LogP contribution is -2.58. The van der Waals surface area contributed by atoms with Crippen molar-refractivity contribution in [2.75, 3.05) is 26.8 Å². The first-order valence-electron chi connectivity index (χ1n) is 6.70. The fraction of sp³-hybridized carbons (Fsp3) is 1.00. The van der Waals surface area contributed by atoms with E-state index in [0.29, 0.717) is 12.1 Å². The largest absolute Gasteiger partial charge is 0.385 e. The Bertz CT molecular complexity index is 218. The molecule has 2 rings (SSSR count). The lowest BCUT2D eigenvalue weighted by Gasteiger charge is -2.42. The third-order valence-corrected chi connectivity index (χ3v) is 4.15. The number of hydrogen-bond donors (Lipinski definition) is 1. The lowest BCUT2D eigenvalue weighted by molar-refractivity contribution is 0.0712. The molecule has 16 heavy (non-hydrogen) atoms. The minimum atomic E-state index is 0.651. The molecule has 0 spiro atoms. The third-order valence-electron chi connectivity index (χ3n) is 4.15. The quantitative estimate of drug-likeness (QED) is 0.768. The molecule has 0 aromatic heterocycles. The summed E-state index contributed by atoms with van der Waals surface area (Å²) in [7, 11) is 1.79. The van der Waals surface area contributed by atoms with Crippen LogP contribution in [0.25, 0.3) is 0 Å². The van der Waals surface area contributed by atoms with Crippen molar-refractivity contribution >= 4 is 0 Å². The highest BCUT2D eigenvalue weighted by Gasteiger charge is 2.37. The van der Waals surface area contributed by atoms with Gasteiger partial charge in [-0.2, -0.15) is 0 Å². The zero-order valence-electron chi connectivity index (χ0n) is 10.9. The Kier molecular flexibility index (Phi) is 4.22. The number of hydrogen-bond acceptors (Lipinski definition) is 3. The number of rotatable bonds is 5. The molecule has 0 aromatic carbocycles. The van der Waals surface area contributed by atoms with Crippen LogP contribution in [0.1, 0.15) is 33.1 Å². The summed E-state index contributed by atoms with van der Waals surface area (Å²) >= 11 is 0. The predicted molar refractivity (Wildman–Crippen MR) is 66.6 cm³/mol. The summed E-state index contributed by atoms with van der Waals surface area (Å²) in [5.74, 6) is 0.963. The first kappa shape index (κ1) is 12.3. The minimum Gasteiger partial charge on any atom is -0.385 e.